The monoisotopic (exact) mass is 274 g/mol. The molecule has 1 aromatic carbocycles. The summed E-state index contributed by atoms with van der Waals surface area (Å²) in [5.41, 5.74) is 0.196. The van der Waals surface area contributed by atoms with Crippen molar-refractivity contribution in [3.05, 3.63) is 39.9 Å². The van der Waals surface area contributed by atoms with E-state index in [1.54, 1.807) is 0 Å². The SMILES string of the molecule is CN(CCO)S(=O)(=O)Cc1cccc([N+](=O)[O-])c1. The first-order valence-corrected chi connectivity index (χ1v) is 6.76. The molecule has 7 nitrogen and oxygen atoms in total. The minimum absolute atomic E-state index is 0.00272. The lowest BCUT2D eigenvalue weighted by Gasteiger charge is -2.15. The van der Waals surface area contributed by atoms with E-state index in [2.05, 4.69) is 0 Å². The number of hydrogen-bond donors (Lipinski definition) is 1. The number of nitro groups is 1. The van der Waals surface area contributed by atoms with E-state index in [1.165, 1.54) is 31.3 Å². The van der Waals surface area contributed by atoms with E-state index in [0.29, 0.717) is 5.56 Å². The smallest absolute Gasteiger partial charge is 0.269 e. The van der Waals surface area contributed by atoms with Crippen LogP contribution in [0.5, 0.6) is 0 Å². The predicted molar refractivity (Wildman–Crippen MR) is 65.4 cm³/mol. The Morgan fingerprint density at radius 1 is 1.44 bits per heavy atom. The number of nitrogens with zero attached hydrogens (tertiary/aromatic N) is 2. The fourth-order valence-electron chi connectivity index (χ4n) is 1.36. The second-order valence-electron chi connectivity index (χ2n) is 3.73. The van der Waals surface area contributed by atoms with Crippen LogP contribution in [0.1, 0.15) is 5.56 Å². The van der Waals surface area contributed by atoms with E-state index in [4.69, 9.17) is 5.11 Å². The second kappa shape index (κ2) is 5.89. The van der Waals surface area contributed by atoms with Crippen LogP contribution >= 0.6 is 0 Å². The molecule has 8 heteroatoms. The summed E-state index contributed by atoms with van der Waals surface area (Å²) in [4.78, 5) is 9.99. The average Bonchev–Trinajstić information content (AvgIpc) is 2.29. The molecule has 0 atom stereocenters. The summed E-state index contributed by atoms with van der Waals surface area (Å²) in [5, 5.41) is 19.3. The van der Waals surface area contributed by atoms with Gasteiger partial charge >= 0.3 is 0 Å². The van der Waals surface area contributed by atoms with Crippen molar-refractivity contribution < 1.29 is 18.4 Å². The van der Waals surface area contributed by atoms with Gasteiger partial charge in [0, 0.05) is 25.7 Å². The summed E-state index contributed by atoms with van der Waals surface area (Å²) >= 11 is 0. The van der Waals surface area contributed by atoms with Gasteiger partial charge in [-0.1, -0.05) is 12.1 Å². The maximum Gasteiger partial charge on any atom is 0.269 e. The van der Waals surface area contributed by atoms with Gasteiger partial charge in [-0.3, -0.25) is 10.1 Å². The highest BCUT2D eigenvalue weighted by Crippen LogP contribution is 2.16. The van der Waals surface area contributed by atoms with Gasteiger partial charge in [-0.15, -0.1) is 0 Å². The first kappa shape index (κ1) is 14.6. The van der Waals surface area contributed by atoms with Crippen LogP contribution in [-0.4, -0.2) is 43.0 Å². The molecule has 18 heavy (non-hydrogen) atoms. The summed E-state index contributed by atoms with van der Waals surface area (Å²) in [6, 6.07) is 5.48. The maximum atomic E-state index is 11.8. The third kappa shape index (κ3) is 3.76. The van der Waals surface area contributed by atoms with Crippen LogP contribution in [0.4, 0.5) is 5.69 Å². The molecule has 100 valence electrons. The number of rotatable bonds is 6. The number of nitro benzene ring substituents is 1. The molecule has 0 fully saturated rings. The molecule has 1 aromatic rings. The van der Waals surface area contributed by atoms with Crippen molar-refractivity contribution in [2.75, 3.05) is 20.2 Å². The summed E-state index contributed by atoms with van der Waals surface area (Å²) in [7, 11) is -2.22. The molecule has 0 aromatic heterocycles. The highest BCUT2D eigenvalue weighted by molar-refractivity contribution is 7.88. The number of sulfonamides is 1. The summed E-state index contributed by atoms with van der Waals surface area (Å²) < 4.78 is 24.7. The largest absolute Gasteiger partial charge is 0.395 e. The number of aliphatic hydroxyl groups excluding tert-OH is 1. The molecular formula is C10H14N2O5S. The fourth-order valence-corrected chi connectivity index (χ4v) is 2.54. The molecule has 0 saturated heterocycles. The molecule has 0 amide bonds. The van der Waals surface area contributed by atoms with E-state index in [9.17, 15) is 18.5 Å². The predicted octanol–water partition coefficient (Wildman–Crippen LogP) is 0.349. The summed E-state index contributed by atoms with van der Waals surface area (Å²) in [5.74, 6) is -0.328. The maximum absolute atomic E-state index is 11.8. The van der Waals surface area contributed by atoms with E-state index in [0.717, 1.165) is 4.31 Å². The molecule has 0 aliphatic heterocycles. The van der Waals surface area contributed by atoms with Crippen molar-refractivity contribution >= 4 is 15.7 Å². The van der Waals surface area contributed by atoms with Gasteiger partial charge in [-0.05, 0) is 5.56 Å². The van der Waals surface area contributed by atoms with Crippen molar-refractivity contribution in [3.63, 3.8) is 0 Å². The van der Waals surface area contributed by atoms with E-state index < -0.39 is 14.9 Å². The Hall–Kier alpha value is -1.51. The van der Waals surface area contributed by atoms with Gasteiger partial charge in [0.2, 0.25) is 10.0 Å². The van der Waals surface area contributed by atoms with Gasteiger partial charge in [0.15, 0.2) is 0 Å². The number of aliphatic hydroxyl groups is 1. The van der Waals surface area contributed by atoms with Crippen LogP contribution in [-0.2, 0) is 15.8 Å². The number of hydrogen-bond acceptors (Lipinski definition) is 5. The van der Waals surface area contributed by atoms with Crippen LogP contribution < -0.4 is 0 Å². The Balaban J connectivity index is 2.90. The van der Waals surface area contributed by atoms with Gasteiger partial charge in [0.1, 0.15) is 0 Å². The van der Waals surface area contributed by atoms with Gasteiger partial charge < -0.3 is 5.11 Å². The number of benzene rings is 1. The minimum Gasteiger partial charge on any atom is -0.395 e. The molecule has 0 aliphatic rings. The normalized spacial score (nSPS) is 11.7. The Labute approximate surface area is 105 Å². The fraction of sp³-hybridized carbons (Fsp3) is 0.400. The van der Waals surface area contributed by atoms with Crippen LogP contribution in [0.15, 0.2) is 24.3 Å². The third-order valence-corrected chi connectivity index (χ3v) is 4.19. The zero-order valence-electron chi connectivity index (χ0n) is 9.81. The molecule has 0 aliphatic carbocycles. The molecule has 1 N–H and O–H groups in total. The van der Waals surface area contributed by atoms with Crippen LogP contribution in [0.2, 0.25) is 0 Å². The van der Waals surface area contributed by atoms with Gasteiger partial charge in [-0.25, -0.2) is 12.7 Å². The van der Waals surface area contributed by atoms with Gasteiger partial charge in [0.25, 0.3) is 5.69 Å². The van der Waals surface area contributed by atoms with Crippen molar-refractivity contribution in [1.29, 1.82) is 0 Å². The Morgan fingerprint density at radius 3 is 2.67 bits per heavy atom. The number of non-ortho nitro benzene ring substituents is 1. The van der Waals surface area contributed by atoms with E-state index in [-0.39, 0.29) is 24.6 Å². The molecule has 0 spiro atoms. The topological polar surface area (TPSA) is 101 Å². The van der Waals surface area contributed by atoms with Crippen LogP contribution in [0.3, 0.4) is 0 Å². The lowest BCUT2D eigenvalue weighted by atomic mass is 10.2. The molecule has 0 saturated carbocycles. The van der Waals surface area contributed by atoms with Gasteiger partial charge in [0.05, 0.1) is 17.3 Å². The highest BCUT2D eigenvalue weighted by atomic mass is 32.2. The summed E-state index contributed by atoms with van der Waals surface area (Å²) in [6.07, 6.45) is 0. The highest BCUT2D eigenvalue weighted by Gasteiger charge is 2.19. The van der Waals surface area contributed by atoms with E-state index >= 15 is 0 Å². The quantitative estimate of drug-likeness (QED) is 0.595. The lowest BCUT2D eigenvalue weighted by molar-refractivity contribution is -0.384. The average molecular weight is 274 g/mol. The second-order valence-corrected chi connectivity index (χ2v) is 5.80. The molecule has 0 unspecified atom stereocenters. The molecule has 0 bridgehead atoms. The van der Waals surface area contributed by atoms with Crippen molar-refractivity contribution in [2.24, 2.45) is 0 Å². The molecule has 0 radical (unpaired) electrons. The van der Waals surface area contributed by atoms with E-state index in [1.807, 2.05) is 0 Å². The van der Waals surface area contributed by atoms with Gasteiger partial charge in [-0.2, -0.15) is 0 Å². The molecule has 0 heterocycles. The van der Waals surface area contributed by atoms with Crippen LogP contribution in [0.25, 0.3) is 0 Å². The lowest BCUT2D eigenvalue weighted by Crippen LogP contribution is -2.30. The van der Waals surface area contributed by atoms with Crippen molar-refractivity contribution in [3.8, 4) is 0 Å². The Morgan fingerprint density at radius 2 is 2.11 bits per heavy atom. The van der Waals surface area contributed by atoms with Crippen LogP contribution in [0, 0.1) is 10.1 Å². The van der Waals surface area contributed by atoms with Crippen molar-refractivity contribution in [1.82, 2.24) is 4.31 Å². The molecule has 1 rings (SSSR count). The first-order valence-electron chi connectivity index (χ1n) is 5.15. The Bertz CT molecular complexity index is 529. The first-order chi connectivity index (χ1) is 8.36. The number of likely N-dealkylation sites (N-methyl/N-ethyl adjacent to an activating group) is 1. The summed E-state index contributed by atoms with van der Waals surface area (Å²) in [6.45, 7) is -0.276. The Kier molecular flexibility index (Phi) is 4.76. The zero-order chi connectivity index (χ0) is 13.8. The standard InChI is InChI=1S/C10H14N2O5S/c1-11(5-6-13)18(16,17)8-9-3-2-4-10(7-9)12(14)15/h2-4,7,13H,5-6,8H2,1H3. The minimum atomic E-state index is -3.57. The van der Waals surface area contributed by atoms with Crippen molar-refractivity contribution in [2.45, 2.75) is 5.75 Å². The zero-order valence-corrected chi connectivity index (χ0v) is 10.6. The molecular weight excluding hydrogens is 260 g/mol. The third-order valence-electron chi connectivity index (χ3n) is 2.36.